The van der Waals surface area contributed by atoms with Gasteiger partial charge in [-0.15, -0.1) is 0 Å². The fraction of sp³-hybridized carbons (Fsp3) is 0.600. The van der Waals surface area contributed by atoms with E-state index in [4.69, 9.17) is 4.74 Å². The van der Waals surface area contributed by atoms with Crippen LogP contribution in [0.15, 0.2) is 12.1 Å². The molecule has 5 nitrogen and oxygen atoms in total. The topological polar surface area (TPSA) is 64.4 Å². The predicted octanol–water partition coefficient (Wildman–Crippen LogP) is 3.62. The van der Waals surface area contributed by atoms with Crippen LogP contribution in [0.1, 0.15) is 45.1 Å². The number of ether oxygens (including phenoxy) is 1. The first-order valence-electron chi connectivity index (χ1n) is 7.21. The minimum atomic E-state index is -0.713. The highest BCUT2D eigenvalue weighted by Crippen LogP contribution is 2.34. The molecule has 0 bridgehead atoms. The summed E-state index contributed by atoms with van der Waals surface area (Å²) in [6, 6.07) is 2.48. The van der Waals surface area contributed by atoms with Gasteiger partial charge in [0.25, 0.3) is 5.69 Å². The molecular formula is C15H23FN2O3. The lowest BCUT2D eigenvalue weighted by Crippen LogP contribution is -2.34. The smallest absolute Gasteiger partial charge is 0.276 e. The van der Waals surface area contributed by atoms with Crippen LogP contribution in [0.5, 0.6) is 5.75 Å². The fourth-order valence-electron chi connectivity index (χ4n) is 2.46. The minimum absolute atomic E-state index is 0.0350. The van der Waals surface area contributed by atoms with E-state index in [1.54, 1.807) is 0 Å². The van der Waals surface area contributed by atoms with Crippen molar-refractivity contribution < 1.29 is 14.1 Å². The number of hydrogen-bond donors (Lipinski definition) is 1. The van der Waals surface area contributed by atoms with Gasteiger partial charge in [0.15, 0.2) is 11.6 Å². The molecule has 0 saturated heterocycles. The number of nitro benzene ring substituents is 1. The van der Waals surface area contributed by atoms with Gasteiger partial charge < -0.3 is 10.1 Å². The molecule has 21 heavy (non-hydrogen) atoms. The Morgan fingerprint density at radius 2 is 2.10 bits per heavy atom. The van der Waals surface area contributed by atoms with Crippen LogP contribution in [0.2, 0.25) is 0 Å². The molecule has 0 fully saturated rings. The summed E-state index contributed by atoms with van der Waals surface area (Å²) in [5, 5.41) is 14.6. The van der Waals surface area contributed by atoms with Crippen molar-refractivity contribution >= 4 is 5.69 Å². The van der Waals surface area contributed by atoms with Crippen molar-refractivity contribution in [3.05, 3.63) is 33.6 Å². The largest absolute Gasteiger partial charge is 0.494 e. The molecule has 0 spiro atoms. The summed E-state index contributed by atoms with van der Waals surface area (Å²) in [5.74, 6) is -0.793. The van der Waals surface area contributed by atoms with Gasteiger partial charge in [-0.05, 0) is 25.5 Å². The van der Waals surface area contributed by atoms with E-state index in [1.165, 1.54) is 13.2 Å². The first-order chi connectivity index (χ1) is 9.96. The van der Waals surface area contributed by atoms with Gasteiger partial charge in [-0.2, -0.15) is 0 Å². The molecule has 1 aromatic carbocycles. The molecule has 2 unspecified atom stereocenters. The molecule has 0 aliphatic heterocycles. The number of methoxy groups -OCH3 is 1. The number of nitro groups is 1. The van der Waals surface area contributed by atoms with Crippen molar-refractivity contribution in [3.63, 3.8) is 0 Å². The van der Waals surface area contributed by atoms with Gasteiger partial charge >= 0.3 is 0 Å². The Kier molecular flexibility index (Phi) is 6.55. The van der Waals surface area contributed by atoms with Crippen LogP contribution in [-0.2, 0) is 0 Å². The second-order valence-corrected chi connectivity index (χ2v) is 5.06. The second-order valence-electron chi connectivity index (χ2n) is 5.06. The normalized spacial score (nSPS) is 13.8. The summed E-state index contributed by atoms with van der Waals surface area (Å²) >= 11 is 0. The number of nitrogens with zero attached hydrogens (tertiary/aromatic N) is 1. The third kappa shape index (κ3) is 4.14. The van der Waals surface area contributed by atoms with E-state index < -0.39 is 10.7 Å². The molecule has 1 aromatic rings. The first-order valence-corrected chi connectivity index (χ1v) is 7.21. The Morgan fingerprint density at radius 3 is 2.57 bits per heavy atom. The van der Waals surface area contributed by atoms with Crippen LogP contribution in [0.4, 0.5) is 10.1 Å². The quantitative estimate of drug-likeness (QED) is 0.588. The number of halogens is 1. The molecule has 0 aromatic heterocycles. The second kappa shape index (κ2) is 7.93. The Labute approximate surface area is 124 Å². The van der Waals surface area contributed by atoms with E-state index in [2.05, 4.69) is 12.2 Å². The highest BCUT2D eigenvalue weighted by atomic mass is 19.1. The van der Waals surface area contributed by atoms with E-state index in [9.17, 15) is 14.5 Å². The molecule has 0 radical (unpaired) electrons. The maximum Gasteiger partial charge on any atom is 0.276 e. The van der Waals surface area contributed by atoms with Crippen molar-refractivity contribution in [2.45, 2.75) is 45.6 Å². The number of nitrogens with one attached hydrogen (secondary N) is 1. The molecular weight excluding hydrogens is 275 g/mol. The Bertz CT molecular complexity index is 494. The molecule has 1 N–H and O–H groups in total. The van der Waals surface area contributed by atoms with Crippen LogP contribution in [0.25, 0.3) is 0 Å². The van der Waals surface area contributed by atoms with E-state index >= 15 is 0 Å². The van der Waals surface area contributed by atoms with E-state index in [1.807, 2.05) is 13.8 Å². The molecule has 6 heteroatoms. The van der Waals surface area contributed by atoms with Gasteiger partial charge in [-0.1, -0.05) is 20.8 Å². The summed E-state index contributed by atoms with van der Waals surface area (Å²) in [6.45, 7) is 6.84. The molecule has 0 aliphatic carbocycles. The van der Waals surface area contributed by atoms with Gasteiger partial charge in [0.05, 0.1) is 18.1 Å². The SMILES string of the molecule is CCCNC(CC)C(C)c1cc(OC)c(F)cc1[N+](=O)[O-]. The summed E-state index contributed by atoms with van der Waals surface area (Å²) < 4.78 is 18.6. The number of hydrogen-bond acceptors (Lipinski definition) is 4. The van der Waals surface area contributed by atoms with Gasteiger partial charge in [-0.25, -0.2) is 4.39 Å². The molecule has 0 heterocycles. The Morgan fingerprint density at radius 1 is 1.43 bits per heavy atom. The lowest BCUT2D eigenvalue weighted by Gasteiger charge is -2.24. The van der Waals surface area contributed by atoms with Gasteiger partial charge in [0.2, 0.25) is 0 Å². The minimum Gasteiger partial charge on any atom is -0.494 e. The number of rotatable bonds is 8. The van der Waals surface area contributed by atoms with Crippen LogP contribution < -0.4 is 10.1 Å². The third-order valence-corrected chi connectivity index (χ3v) is 3.69. The zero-order chi connectivity index (χ0) is 16.0. The standard InChI is InChI=1S/C15H23FN2O3/c1-5-7-17-13(6-2)10(3)11-8-15(21-4)12(16)9-14(11)18(19)20/h8-10,13,17H,5-7H2,1-4H3. The lowest BCUT2D eigenvalue weighted by atomic mass is 9.90. The summed E-state index contributed by atoms with van der Waals surface area (Å²) in [6.07, 6.45) is 1.82. The zero-order valence-corrected chi connectivity index (χ0v) is 13.0. The van der Waals surface area contributed by atoms with Crippen LogP contribution >= 0.6 is 0 Å². The highest BCUT2D eigenvalue weighted by Gasteiger charge is 2.27. The fourth-order valence-corrected chi connectivity index (χ4v) is 2.46. The molecule has 0 amide bonds. The monoisotopic (exact) mass is 298 g/mol. The van der Waals surface area contributed by atoms with Gasteiger partial charge in [0, 0.05) is 17.5 Å². The zero-order valence-electron chi connectivity index (χ0n) is 13.0. The van der Waals surface area contributed by atoms with E-state index in [0.717, 1.165) is 25.5 Å². The van der Waals surface area contributed by atoms with Crippen molar-refractivity contribution in [2.24, 2.45) is 0 Å². The average Bonchev–Trinajstić information content (AvgIpc) is 2.47. The van der Waals surface area contributed by atoms with E-state index in [-0.39, 0.29) is 23.4 Å². The van der Waals surface area contributed by atoms with Crippen molar-refractivity contribution in [2.75, 3.05) is 13.7 Å². The number of benzene rings is 1. The summed E-state index contributed by atoms with van der Waals surface area (Å²) in [5.41, 5.74) is 0.297. The van der Waals surface area contributed by atoms with Crippen LogP contribution in [0.3, 0.4) is 0 Å². The van der Waals surface area contributed by atoms with Crippen molar-refractivity contribution in [1.29, 1.82) is 0 Å². The average molecular weight is 298 g/mol. The molecule has 0 saturated carbocycles. The molecule has 1 rings (SSSR count). The lowest BCUT2D eigenvalue weighted by molar-refractivity contribution is -0.386. The molecule has 118 valence electrons. The van der Waals surface area contributed by atoms with Gasteiger partial charge in [-0.3, -0.25) is 10.1 Å². The van der Waals surface area contributed by atoms with Crippen LogP contribution in [0, 0.1) is 15.9 Å². The van der Waals surface area contributed by atoms with E-state index in [0.29, 0.717) is 5.56 Å². The third-order valence-electron chi connectivity index (χ3n) is 3.69. The maximum atomic E-state index is 13.7. The molecule has 2 atom stereocenters. The Hall–Kier alpha value is -1.69. The maximum absolute atomic E-state index is 13.7. The molecule has 0 aliphatic rings. The Balaban J connectivity index is 3.21. The van der Waals surface area contributed by atoms with Crippen molar-refractivity contribution in [3.8, 4) is 5.75 Å². The van der Waals surface area contributed by atoms with Crippen LogP contribution in [-0.4, -0.2) is 24.6 Å². The first kappa shape index (κ1) is 17.4. The summed E-state index contributed by atoms with van der Waals surface area (Å²) in [7, 11) is 1.35. The highest BCUT2D eigenvalue weighted by molar-refractivity contribution is 5.48. The van der Waals surface area contributed by atoms with Crippen molar-refractivity contribution in [1.82, 2.24) is 5.32 Å². The van der Waals surface area contributed by atoms with Gasteiger partial charge in [0.1, 0.15) is 0 Å². The predicted molar refractivity (Wildman–Crippen MR) is 80.4 cm³/mol. The summed E-state index contributed by atoms with van der Waals surface area (Å²) in [4.78, 5) is 10.6.